The first-order valence-electron chi connectivity index (χ1n) is 45.6. The summed E-state index contributed by atoms with van der Waals surface area (Å²) >= 11 is 12.8. The summed E-state index contributed by atoms with van der Waals surface area (Å²) in [5.41, 5.74) is 6.63. The summed E-state index contributed by atoms with van der Waals surface area (Å²) in [6, 6.07) is 36.5. The summed E-state index contributed by atoms with van der Waals surface area (Å²) in [5, 5.41) is 5.41. The number of benzene rings is 7. The molecule has 14 aromatic rings. The zero-order valence-electron chi connectivity index (χ0n) is 87.6. The Bertz CT molecular complexity index is 6840. The molecular weight excluding hydrogens is 1860 g/mol. The van der Waals surface area contributed by atoms with Crippen LogP contribution < -0.4 is 33.2 Å². The van der Waals surface area contributed by atoms with Gasteiger partial charge in [-0.3, -0.25) is 9.36 Å². The second-order valence-electron chi connectivity index (χ2n) is 40.1. The van der Waals surface area contributed by atoms with Crippen LogP contribution in [0.15, 0.2) is 127 Å². The molecular formula is C108H133Cl2F4N7O20. The molecule has 0 saturated heterocycles. The Morgan fingerprint density at radius 1 is 0.284 bits per heavy atom. The van der Waals surface area contributed by atoms with Crippen LogP contribution in [-0.4, -0.2) is 155 Å². The minimum Gasteiger partial charge on any atom is -0.488 e. The van der Waals surface area contributed by atoms with Crippen LogP contribution in [0.1, 0.15) is 216 Å². The van der Waals surface area contributed by atoms with Crippen LogP contribution in [0.4, 0.5) is 46.3 Å². The summed E-state index contributed by atoms with van der Waals surface area (Å²) in [6.07, 6.45) is -2.93. The molecule has 7 aromatic carbocycles. The predicted molar refractivity (Wildman–Crippen MR) is 546 cm³/mol. The minimum absolute atomic E-state index is 0.173. The summed E-state index contributed by atoms with van der Waals surface area (Å²) < 4.78 is 136. The largest absolute Gasteiger partial charge is 0.488 e. The fraction of sp³-hybridized carbons (Fsp3) is 0.417. The molecule has 0 spiro atoms. The number of hydrogen-bond donors (Lipinski definition) is 0. The van der Waals surface area contributed by atoms with E-state index in [1.54, 1.807) is 118 Å². The van der Waals surface area contributed by atoms with Gasteiger partial charge >= 0.3 is 36.6 Å². The fourth-order valence-electron chi connectivity index (χ4n) is 15.2. The molecule has 0 N–H and O–H groups in total. The van der Waals surface area contributed by atoms with Gasteiger partial charge in [0.25, 0.3) is 0 Å². The molecule has 0 fully saturated rings. The second-order valence-corrected chi connectivity index (χ2v) is 40.9. The molecule has 0 bridgehead atoms. The molecule has 0 radical (unpaired) electrons. The predicted octanol–water partition coefficient (Wildman–Crippen LogP) is 29.2. The number of aromatic nitrogens is 7. The van der Waals surface area contributed by atoms with Crippen molar-refractivity contribution in [2.24, 2.45) is 0 Å². The lowest BCUT2D eigenvalue weighted by atomic mass is 10.1. The lowest BCUT2D eigenvalue weighted by Crippen LogP contribution is -2.23. The van der Waals surface area contributed by atoms with Crippen molar-refractivity contribution in [3.05, 3.63) is 206 Å². The van der Waals surface area contributed by atoms with Gasteiger partial charge in [0.15, 0.2) is 29.0 Å². The van der Waals surface area contributed by atoms with Gasteiger partial charge in [-0.1, -0.05) is 23.2 Å². The normalized spacial score (nSPS) is 11.7. The maximum absolute atomic E-state index is 14.3. The van der Waals surface area contributed by atoms with Gasteiger partial charge in [-0.05, 0) is 336 Å². The molecule has 762 valence electrons. The van der Waals surface area contributed by atoms with Crippen LogP contribution in [-0.2, 0) is 28.4 Å². The van der Waals surface area contributed by atoms with Crippen LogP contribution in [0.2, 0.25) is 10.0 Å². The molecule has 0 aliphatic carbocycles. The van der Waals surface area contributed by atoms with E-state index in [2.05, 4.69) is 4.74 Å². The number of ether oxygens (including phenoxy) is 13. The van der Waals surface area contributed by atoms with Gasteiger partial charge in [0.05, 0.1) is 107 Å². The van der Waals surface area contributed by atoms with Crippen molar-refractivity contribution in [2.45, 2.75) is 261 Å². The zero-order chi connectivity index (χ0) is 106. The third kappa shape index (κ3) is 27.9. The monoisotopic (exact) mass is 1990 g/mol. The number of carbonyl (C=O) groups is 7. The molecule has 27 nitrogen and oxygen atoms in total. The van der Waals surface area contributed by atoms with Gasteiger partial charge in [-0.2, -0.15) is 0 Å². The molecule has 14 rings (SSSR count). The number of methoxy groups -OCH3 is 4. The first-order valence-corrected chi connectivity index (χ1v) is 46.4. The van der Waals surface area contributed by atoms with E-state index in [1.165, 1.54) is 75.8 Å². The van der Waals surface area contributed by atoms with Crippen LogP contribution in [0.5, 0.6) is 40.2 Å². The molecule has 0 aliphatic heterocycles. The third-order valence-electron chi connectivity index (χ3n) is 20.4. The van der Waals surface area contributed by atoms with E-state index in [-0.39, 0.29) is 75.2 Å². The average Bonchev–Trinajstić information content (AvgIpc) is 1.68. The first-order chi connectivity index (χ1) is 65.1. The molecule has 33 heteroatoms. The average molecular weight is 2000 g/mol. The Morgan fingerprint density at radius 2 is 0.539 bits per heavy atom. The van der Waals surface area contributed by atoms with Crippen molar-refractivity contribution in [3.63, 3.8) is 0 Å². The smallest absolute Gasteiger partial charge is 0.418 e. The minimum atomic E-state index is -0.610. The standard InChI is InChI=1S/C16H20ClNO3.C16H20FNO3.C16H21NO3.C15H18ClNO3.2C15H18FNO3.C15H18FNO2/c1-6-20-15(19)18-10(2)9-11-12(18)7-8-13(14(11)17)21-16(3,4)5;1-6-20-15(19)18-10(2)14(17)12-9-11(7-8-13(12)18)21-16(3,4)5;1-10-9-12-11(2)14(20-16(3,4)5)8-7-13(12)17(10)15(18)19-6;1-9-8-10-11(17(9)14(18)19-5)6-7-12(13(10)16)20-15(2,3)4;1-9-6-10-7-13(20-15(2,3)4)11(16)8-12(10)17(9)14(18)19-5;1-9-13(16)11-8-10(20-15(2,3)4)6-7-12(11)17(9)14(18)19-5;1-9-14(16)12-8-11(19-15(3,4)5)6-7-13(12)17(9)10(2)18/h2*7-9H,6H2,1-5H3;7-9H,1-6H3;3*6-8H,1-5H3;6-8H,1-5H3. The Kier molecular flexibility index (Phi) is 35.8. The lowest BCUT2D eigenvalue weighted by Gasteiger charge is -2.23. The summed E-state index contributed by atoms with van der Waals surface area (Å²) in [4.78, 5) is 82.6. The van der Waals surface area contributed by atoms with Crippen LogP contribution in [0, 0.1) is 78.7 Å². The molecule has 0 amide bonds. The van der Waals surface area contributed by atoms with Gasteiger partial charge in [0, 0.05) is 79.0 Å². The van der Waals surface area contributed by atoms with Crippen molar-refractivity contribution in [1.82, 2.24) is 32.0 Å². The SMILES string of the molecule is CC(=O)n1c(C)c(F)c2cc(OC(C)(C)C)ccc21.CCOC(=O)n1c(C)c(F)c2cc(OC(C)(C)C)ccc21.CCOC(=O)n1c(C)cc2c(Cl)c(OC(C)(C)C)ccc21.COC(=O)n1c(C)c(F)c2cc(OC(C)(C)C)ccc21.COC(=O)n1c(C)cc2c(C)c(OC(C)(C)C)ccc21.COC(=O)n1c(C)cc2c(Cl)c(OC(C)(C)C)ccc21.COC(=O)n1c(C)cc2cc(OC(C)(C)C)c(F)cc21. The van der Waals surface area contributed by atoms with Gasteiger partial charge in [0.1, 0.15) is 73.7 Å². The highest BCUT2D eigenvalue weighted by molar-refractivity contribution is 6.37. The van der Waals surface area contributed by atoms with Crippen molar-refractivity contribution in [2.75, 3.05) is 41.7 Å². The molecule has 0 aliphatic rings. The number of nitrogens with zero attached hydrogens (tertiary/aromatic N) is 7. The topological polar surface area (TPSA) is 274 Å². The van der Waals surface area contributed by atoms with Crippen molar-refractivity contribution >= 4 is 142 Å². The zero-order valence-corrected chi connectivity index (χ0v) is 89.1. The lowest BCUT2D eigenvalue weighted by molar-refractivity contribution is 0.0937. The molecule has 7 heterocycles. The Labute approximate surface area is 830 Å². The number of hydrogen-bond acceptors (Lipinski definition) is 20. The van der Waals surface area contributed by atoms with E-state index in [1.807, 2.05) is 216 Å². The van der Waals surface area contributed by atoms with E-state index >= 15 is 0 Å². The summed E-state index contributed by atoms with van der Waals surface area (Å²) in [6.45, 7) is 60.1. The second kappa shape index (κ2) is 44.7. The molecule has 7 aromatic heterocycles. The van der Waals surface area contributed by atoms with E-state index in [0.717, 1.165) is 61.0 Å². The quantitative estimate of drug-likeness (QED) is 0.0959. The molecule has 0 atom stereocenters. The number of halogens is 6. The maximum atomic E-state index is 14.3. The van der Waals surface area contributed by atoms with E-state index < -0.39 is 53.5 Å². The van der Waals surface area contributed by atoms with E-state index in [0.29, 0.717) is 101 Å². The van der Waals surface area contributed by atoms with Crippen LogP contribution >= 0.6 is 23.2 Å². The summed E-state index contributed by atoms with van der Waals surface area (Å²) in [7, 11) is 5.30. The maximum Gasteiger partial charge on any atom is 0.418 e. The Morgan fingerprint density at radius 3 is 0.872 bits per heavy atom. The molecule has 141 heavy (non-hydrogen) atoms. The number of fused-ring (bicyclic) bond motifs is 7. The highest BCUT2D eigenvalue weighted by Crippen LogP contribution is 2.42. The van der Waals surface area contributed by atoms with Crippen LogP contribution in [0.25, 0.3) is 76.3 Å². The number of aryl methyl sites for hydroxylation is 5. The van der Waals surface area contributed by atoms with Crippen molar-refractivity contribution < 1.29 is 113 Å². The van der Waals surface area contributed by atoms with E-state index in [4.69, 9.17) is 80.0 Å². The van der Waals surface area contributed by atoms with Crippen molar-refractivity contribution in [3.8, 4) is 40.2 Å². The number of carbonyl (C=O) groups excluding carboxylic acids is 7. The third-order valence-corrected chi connectivity index (χ3v) is 21.2. The molecule has 0 unspecified atom stereocenters. The first kappa shape index (κ1) is 113. The summed E-state index contributed by atoms with van der Waals surface area (Å²) in [5.74, 6) is 2.00. The van der Waals surface area contributed by atoms with Crippen LogP contribution in [0.3, 0.4) is 0 Å². The Hall–Kier alpha value is -13.3. The van der Waals surface area contributed by atoms with Gasteiger partial charge in [-0.25, -0.2) is 73.7 Å². The van der Waals surface area contributed by atoms with Gasteiger partial charge < -0.3 is 61.6 Å². The van der Waals surface area contributed by atoms with E-state index in [9.17, 15) is 51.1 Å². The highest BCUT2D eigenvalue weighted by Gasteiger charge is 2.30. The van der Waals surface area contributed by atoms with Gasteiger partial charge in [-0.15, -0.1) is 0 Å². The molecule has 0 saturated carbocycles. The van der Waals surface area contributed by atoms with Crippen molar-refractivity contribution in [1.29, 1.82) is 0 Å². The van der Waals surface area contributed by atoms with Gasteiger partial charge in [0.2, 0.25) is 5.91 Å². The fourth-order valence-corrected chi connectivity index (χ4v) is 15.7. The highest BCUT2D eigenvalue weighted by atomic mass is 35.5. The Balaban J connectivity index is 0.000000201. The number of rotatable bonds is 9.